The second-order valence-electron chi connectivity index (χ2n) is 8.21. The number of hydrogen-bond donors (Lipinski definition) is 0. The van der Waals surface area contributed by atoms with Gasteiger partial charge in [-0.15, -0.1) is 0 Å². The van der Waals surface area contributed by atoms with Crippen molar-refractivity contribution in [2.45, 2.75) is 50.0 Å². The van der Waals surface area contributed by atoms with Crippen LogP contribution in [0, 0.1) is 6.92 Å². The number of aryl methyl sites for hydroxylation is 1. The topological polar surface area (TPSA) is 35.9 Å². The Morgan fingerprint density at radius 3 is 2.65 bits per heavy atom. The third-order valence-corrected chi connectivity index (χ3v) is 8.61. The van der Waals surface area contributed by atoms with Crippen molar-refractivity contribution in [3.05, 3.63) is 63.0 Å². The minimum absolute atomic E-state index is 0.0801. The van der Waals surface area contributed by atoms with Gasteiger partial charge < -0.3 is 4.90 Å². The number of aliphatic imine (C=N–C) groups is 1. The van der Waals surface area contributed by atoms with Gasteiger partial charge in [0.25, 0.3) is 5.91 Å². The van der Waals surface area contributed by atoms with Crippen LogP contribution in [-0.2, 0) is 4.79 Å². The first-order valence-electron chi connectivity index (χ1n) is 10.6. The van der Waals surface area contributed by atoms with E-state index in [1.807, 2.05) is 42.3 Å². The van der Waals surface area contributed by atoms with E-state index in [9.17, 15) is 4.79 Å². The van der Waals surface area contributed by atoms with Gasteiger partial charge in [0.2, 0.25) is 0 Å². The molecule has 1 amide bonds. The Morgan fingerprint density at radius 2 is 1.87 bits per heavy atom. The Bertz CT molecular complexity index is 1110. The molecule has 0 bridgehead atoms. The average Bonchev–Trinajstić information content (AvgIpc) is 3.25. The number of amides is 1. The van der Waals surface area contributed by atoms with Crippen LogP contribution in [0.25, 0.3) is 0 Å². The number of benzene rings is 2. The van der Waals surface area contributed by atoms with Crippen molar-refractivity contribution in [2.75, 3.05) is 11.9 Å². The summed E-state index contributed by atoms with van der Waals surface area (Å²) in [6.07, 6.45) is 5.67. The molecule has 2 fully saturated rings. The number of rotatable bonds is 2. The number of anilines is 1. The summed E-state index contributed by atoms with van der Waals surface area (Å²) in [6.45, 7) is 2.06. The highest BCUT2D eigenvalue weighted by atomic mass is 35.5. The quantitative estimate of drug-likeness (QED) is 0.445. The first-order valence-corrected chi connectivity index (χ1v) is 12.6. The average molecular weight is 470 g/mol. The van der Waals surface area contributed by atoms with Crippen LogP contribution in [0.2, 0.25) is 5.02 Å². The molecular weight excluding hydrogens is 446 g/mol. The number of carbonyl (C=O) groups is 1. The zero-order valence-corrected chi connectivity index (χ0v) is 20.0. The normalized spacial score (nSPS) is 23.2. The van der Waals surface area contributed by atoms with Crippen LogP contribution in [0.3, 0.4) is 0 Å². The molecule has 2 heterocycles. The van der Waals surface area contributed by atoms with Crippen molar-refractivity contribution in [2.24, 2.45) is 4.99 Å². The minimum Gasteiger partial charge on any atom is -0.337 e. The molecule has 5 rings (SSSR count). The molecule has 2 aromatic carbocycles. The van der Waals surface area contributed by atoms with Crippen LogP contribution in [0.15, 0.2) is 62.3 Å². The highest BCUT2D eigenvalue weighted by Crippen LogP contribution is 2.51. The molecule has 31 heavy (non-hydrogen) atoms. The Balaban J connectivity index is 1.56. The molecule has 3 aliphatic rings. The molecule has 0 atom stereocenters. The lowest BCUT2D eigenvalue weighted by molar-refractivity contribution is -0.124. The molecule has 1 saturated heterocycles. The predicted molar refractivity (Wildman–Crippen MR) is 132 cm³/mol. The van der Waals surface area contributed by atoms with E-state index in [0.29, 0.717) is 5.02 Å². The summed E-state index contributed by atoms with van der Waals surface area (Å²) in [5, 5.41) is 2.46. The number of halogens is 1. The Morgan fingerprint density at radius 1 is 1.06 bits per heavy atom. The predicted octanol–water partition coefficient (Wildman–Crippen LogP) is 6.96. The largest absolute Gasteiger partial charge is 0.337 e. The third kappa shape index (κ3) is 4.01. The van der Waals surface area contributed by atoms with Crippen molar-refractivity contribution in [1.82, 2.24) is 4.90 Å². The summed E-state index contributed by atoms with van der Waals surface area (Å²) >= 11 is 9.37. The van der Waals surface area contributed by atoms with Gasteiger partial charge in [-0.05, 0) is 67.4 Å². The van der Waals surface area contributed by atoms with E-state index < -0.39 is 0 Å². The van der Waals surface area contributed by atoms with Crippen LogP contribution in [-0.4, -0.2) is 29.1 Å². The van der Waals surface area contributed by atoms with Gasteiger partial charge in [-0.1, -0.05) is 54.8 Å². The number of amidine groups is 1. The standard InChI is InChI=1S/C24H24ClN3OS2/c1-15-7-6-8-17(13-15)26-24-28(18-9-4-3-5-10-18)22(29)21(31-24)23-27(2)19-14-16(25)11-12-20(19)30-23/h6-8,11-14,18H,3-5,9-10H2,1-2H3. The molecular formula is C24H24ClN3OS2. The Kier molecular flexibility index (Phi) is 5.80. The zero-order chi connectivity index (χ0) is 21.5. The number of thioether (sulfide) groups is 2. The lowest BCUT2D eigenvalue weighted by Crippen LogP contribution is -2.40. The molecule has 4 nitrogen and oxygen atoms in total. The van der Waals surface area contributed by atoms with Gasteiger partial charge in [0, 0.05) is 23.0 Å². The lowest BCUT2D eigenvalue weighted by Gasteiger charge is -2.30. The molecule has 0 aromatic heterocycles. The fourth-order valence-electron chi connectivity index (χ4n) is 4.38. The Labute approximate surface area is 196 Å². The van der Waals surface area contributed by atoms with E-state index in [0.717, 1.165) is 49.8 Å². The molecule has 0 unspecified atom stereocenters. The Hall–Kier alpha value is -1.89. The molecule has 0 N–H and O–H groups in total. The van der Waals surface area contributed by atoms with E-state index in [1.54, 1.807) is 11.8 Å². The van der Waals surface area contributed by atoms with E-state index in [-0.39, 0.29) is 11.9 Å². The van der Waals surface area contributed by atoms with Crippen molar-refractivity contribution < 1.29 is 4.79 Å². The van der Waals surface area contributed by atoms with Gasteiger partial charge >= 0.3 is 0 Å². The number of nitrogens with zero attached hydrogens (tertiary/aromatic N) is 3. The summed E-state index contributed by atoms with van der Waals surface area (Å²) in [7, 11) is 2.01. The van der Waals surface area contributed by atoms with Crippen LogP contribution in [0.5, 0.6) is 0 Å². The molecule has 7 heteroatoms. The van der Waals surface area contributed by atoms with E-state index in [4.69, 9.17) is 16.6 Å². The maximum atomic E-state index is 13.7. The summed E-state index contributed by atoms with van der Waals surface area (Å²) in [5.41, 5.74) is 3.10. The van der Waals surface area contributed by atoms with Crippen LogP contribution >= 0.6 is 35.1 Å². The van der Waals surface area contributed by atoms with E-state index in [1.165, 1.54) is 31.0 Å². The third-order valence-electron chi connectivity index (χ3n) is 5.97. The smallest absolute Gasteiger partial charge is 0.269 e. The second kappa shape index (κ2) is 8.57. The molecule has 0 spiro atoms. The van der Waals surface area contributed by atoms with Crippen molar-refractivity contribution >= 4 is 57.6 Å². The van der Waals surface area contributed by atoms with Gasteiger partial charge in [-0.25, -0.2) is 4.99 Å². The van der Waals surface area contributed by atoms with Gasteiger partial charge in [-0.3, -0.25) is 9.69 Å². The van der Waals surface area contributed by atoms with E-state index >= 15 is 0 Å². The fraction of sp³-hybridized carbons (Fsp3) is 0.333. The second-order valence-corrected chi connectivity index (χ2v) is 10.7. The fourth-order valence-corrected chi connectivity index (χ4v) is 6.93. The van der Waals surface area contributed by atoms with Crippen LogP contribution < -0.4 is 4.90 Å². The lowest BCUT2D eigenvalue weighted by atomic mass is 9.94. The maximum absolute atomic E-state index is 13.7. The zero-order valence-electron chi connectivity index (χ0n) is 17.6. The summed E-state index contributed by atoms with van der Waals surface area (Å²) in [4.78, 5) is 24.6. The van der Waals surface area contributed by atoms with Gasteiger partial charge in [0.05, 0.1) is 16.4 Å². The van der Waals surface area contributed by atoms with Crippen LogP contribution in [0.4, 0.5) is 11.4 Å². The van der Waals surface area contributed by atoms with Gasteiger partial charge in [-0.2, -0.15) is 0 Å². The summed E-state index contributed by atoms with van der Waals surface area (Å²) < 4.78 is 0. The minimum atomic E-state index is 0.0801. The van der Waals surface area contributed by atoms with Crippen molar-refractivity contribution in [3.8, 4) is 0 Å². The number of fused-ring (bicyclic) bond motifs is 1. The first kappa shape index (κ1) is 21.0. The first-order chi connectivity index (χ1) is 15.0. The number of carbonyl (C=O) groups excluding carboxylic acids is 1. The molecule has 1 saturated carbocycles. The van der Waals surface area contributed by atoms with Gasteiger partial charge in [0.15, 0.2) is 5.17 Å². The van der Waals surface area contributed by atoms with Gasteiger partial charge in [0.1, 0.15) is 4.91 Å². The maximum Gasteiger partial charge on any atom is 0.269 e. The highest BCUT2D eigenvalue weighted by Gasteiger charge is 2.42. The van der Waals surface area contributed by atoms with Crippen molar-refractivity contribution in [3.63, 3.8) is 0 Å². The molecule has 2 aromatic rings. The number of hydrogen-bond acceptors (Lipinski definition) is 5. The molecule has 1 aliphatic carbocycles. The van der Waals surface area contributed by atoms with Crippen molar-refractivity contribution in [1.29, 1.82) is 0 Å². The molecule has 0 radical (unpaired) electrons. The monoisotopic (exact) mass is 469 g/mol. The molecule has 160 valence electrons. The van der Waals surface area contributed by atoms with E-state index in [2.05, 4.69) is 24.0 Å². The van der Waals surface area contributed by atoms with Crippen LogP contribution in [0.1, 0.15) is 37.7 Å². The summed E-state index contributed by atoms with van der Waals surface area (Å²) in [6, 6.07) is 14.3. The highest BCUT2D eigenvalue weighted by molar-refractivity contribution is 8.19. The SMILES string of the molecule is Cc1cccc(N=C2SC(=C3Sc4ccc(Cl)cc4N3C)C(=O)N2C2CCCCC2)c1. The molecule has 2 aliphatic heterocycles. The summed E-state index contributed by atoms with van der Waals surface area (Å²) in [5.74, 6) is 0.0801.